The molecule has 0 heterocycles. The largest absolute Gasteiger partial charge is 0.493 e. The van der Waals surface area contributed by atoms with E-state index in [9.17, 15) is 4.21 Å². The highest BCUT2D eigenvalue weighted by Crippen LogP contribution is 2.27. The number of ether oxygens (including phenoxy) is 2. The van der Waals surface area contributed by atoms with Crippen LogP contribution in [0.3, 0.4) is 0 Å². The molecule has 1 atom stereocenters. The maximum atomic E-state index is 12.2. The molecule has 0 aliphatic rings. The number of benzene rings is 2. The van der Waals surface area contributed by atoms with Gasteiger partial charge in [-0.25, -0.2) is 0 Å². The molecule has 2 rings (SSSR count). The van der Waals surface area contributed by atoms with Gasteiger partial charge in [-0.2, -0.15) is 0 Å². The highest BCUT2D eigenvalue weighted by atomic mass is 32.2. The van der Waals surface area contributed by atoms with Crippen LogP contribution < -0.4 is 20.1 Å². The molecular weight excluding hydrogens is 350 g/mol. The first-order valence-corrected chi connectivity index (χ1v) is 9.58. The molecule has 1 unspecified atom stereocenters. The van der Waals surface area contributed by atoms with E-state index in [1.807, 2.05) is 48.5 Å². The number of aliphatic imine (C=N–C) groups is 1. The number of rotatable bonds is 8. The van der Waals surface area contributed by atoms with Crippen LogP contribution in [-0.2, 0) is 17.3 Å². The zero-order chi connectivity index (χ0) is 18.8. The number of nitrogens with zero attached hydrogens (tertiary/aromatic N) is 1. The van der Waals surface area contributed by atoms with Crippen molar-refractivity contribution in [3.63, 3.8) is 0 Å². The highest BCUT2D eigenvalue weighted by molar-refractivity contribution is 7.85. The number of hydrogen-bond donors (Lipinski definition) is 2. The van der Waals surface area contributed by atoms with Crippen LogP contribution in [0.25, 0.3) is 0 Å². The molecule has 7 heteroatoms. The Balaban J connectivity index is 1.82. The third-order valence-electron chi connectivity index (χ3n) is 3.72. The van der Waals surface area contributed by atoms with E-state index in [1.165, 1.54) is 0 Å². The Morgan fingerprint density at radius 2 is 1.77 bits per heavy atom. The van der Waals surface area contributed by atoms with Gasteiger partial charge < -0.3 is 20.1 Å². The molecule has 2 aromatic rings. The Hall–Kier alpha value is -2.54. The first-order chi connectivity index (χ1) is 12.7. The Morgan fingerprint density at radius 1 is 1.04 bits per heavy atom. The van der Waals surface area contributed by atoms with Crippen molar-refractivity contribution in [3.8, 4) is 11.5 Å². The lowest BCUT2D eigenvalue weighted by Crippen LogP contribution is -2.38. The monoisotopic (exact) mass is 375 g/mol. The van der Waals surface area contributed by atoms with E-state index in [-0.39, 0.29) is 0 Å². The lowest BCUT2D eigenvalue weighted by atomic mass is 10.2. The van der Waals surface area contributed by atoms with Gasteiger partial charge in [0.15, 0.2) is 17.5 Å². The average molecular weight is 375 g/mol. The molecule has 26 heavy (non-hydrogen) atoms. The topological polar surface area (TPSA) is 72.0 Å². The van der Waals surface area contributed by atoms with E-state index < -0.39 is 10.8 Å². The van der Waals surface area contributed by atoms with Crippen molar-refractivity contribution < 1.29 is 13.7 Å². The summed E-state index contributed by atoms with van der Waals surface area (Å²) in [6, 6.07) is 15.2. The SMILES string of the molecule is CN=C(NCCS(=O)c1ccccc1)NCc1ccc(OC)c(OC)c1. The summed E-state index contributed by atoms with van der Waals surface area (Å²) in [4.78, 5) is 5.02. The Kier molecular flexibility index (Phi) is 7.95. The fraction of sp³-hybridized carbons (Fsp3) is 0.316. The molecular formula is C19H25N3O3S. The second-order valence-corrected chi connectivity index (χ2v) is 6.98. The summed E-state index contributed by atoms with van der Waals surface area (Å²) in [5, 5.41) is 6.41. The lowest BCUT2D eigenvalue weighted by molar-refractivity contribution is 0.354. The van der Waals surface area contributed by atoms with E-state index >= 15 is 0 Å². The molecule has 0 radical (unpaired) electrons. The standard InChI is InChI=1S/C19H25N3O3S/c1-20-19(21-11-12-26(23)16-7-5-4-6-8-16)22-14-15-9-10-17(24-2)18(13-15)25-3/h4-10,13H,11-12,14H2,1-3H3,(H2,20,21,22). The van der Waals surface area contributed by atoms with Crippen molar-refractivity contribution in [2.24, 2.45) is 4.99 Å². The molecule has 0 aromatic heterocycles. The predicted octanol–water partition coefficient (Wildman–Crippen LogP) is 2.18. The van der Waals surface area contributed by atoms with Gasteiger partial charge in [0, 0.05) is 30.8 Å². The van der Waals surface area contributed by atoms with Gasteiger partial charge in [-0.05, 0) is 29.8 Å². The minimum absolute atomic E-state index is 0.515. The Bertz CT molecular complexity index is 751. The van der Waals surface area contributed by atoms with E-state index in [1.54, 1.807) is 21.3 Å². The molecule has 0 saturated heterocycles. The number of guanidine groups is 1. The van der Waals surface area contributed by atoms with Crippen LogP contribution in [0.5, 0.6) is 11.5 Å². The van der Waals surface area contributed by atoms with E-state index in [4.69, 9.17) is 9.47 Å². The minimum Gasteiger partial charge on any atom is -0.493 e. The van der Waals surface area contributed by atoms with Crippen LogP contribution >= 0.6 is 0 Å². The molecule has 0 spiro atoms. The highest BCUT2D eigenvalue weighted by Gasteiger charge is 2.06. The molecule has 0 fully saturated rings. The van der Waals surface area contributed by atoms with Crippen molar-refractivity contribution in [3.05, 3.63) is 54.1 Å². The van der Waals surface area contributed by atoms with Crippen molar-refractivity contribution in [2.75, 3.05) is 33.6 Å². The molecule has 0 aliphatic carbocycles. The summed E-state index contributed by atoms with van der Waals surface area (Å²) >= 11 is 0. The van der Waals surface area contributed by atoms with Gasteiger partial charge >= 0.3 is 0 Å². The molecule has 0 amide bonds. The molecule has 0 aliphatic heterocycles. The van der Waals surface area contributed by atoms with E-state index in [0.717, 1.165) is 10.5 Å². The van der Waals surface area contributed by atoms with Crippen molar-refractivity contribution in [1.29, 1.82) is 0 Å². The lowest BCUT2D eigenvalue weighted by Gasteiger charge is -2.13. The first kappa shape index (κ1) is 19.8. The molecule has 2 N–H and O–H groups in total. The predicted molar refractivity (Wildman–Crippen MR) is 105 cm³/mol. The second kappa shape index (κ2) is 10.5. The van der Waals surface area contributed by atoms with Crippen LogP contribution in [0.15, 0.2) is 58.4 Å². The van der Waals surface area contributed by atoms with Crippen LogP contribution in [-0.4, -0.2) is 43.7 Å². The maximum Gasteiger partial charge on any atom is 0.191 e. The number of nitrogens with one attached hydrogen (secondary N) is 2. The maximum absolute atomic E-state index is 12.2. The smallest absolute Gasteiger partial charge is 0.191 e. The van der Waals surface area contributed by atoms with Gasteiger partial charge in [0.05, 0.1) is 25.0 Å². The number of hydrogen-bond acceptors (Lipinski definition) is 4. The minimum atomic E-state index is -1.03. The van der Waals surface area contributed by atoms with E-state index in [0.29, 0.717) is 36.3 Å². The summed E-state index contributed by atoms with van der Waals surface area (Å²) in [6.07, 6.45) is 0. The normalized spacial score (nSPS) is 12.3. The number of methoxy groups -OCH3 is 2. The summed E-state index contributed by atoms with van der Waals surface area (Å²) in [6.45, 7) is 1.15. The molecule has 2 aromatic carbocycles. The van der Waals surface area contributed by atoms with Gasteiger partial charge in [0.2, 0.25) is 0 Å². The van der Waals surface area contributed by atoms with Gasteiger partial charge in [-0.15, -0.1) is 0 Å². The summed E-state index contributed by atoms with van der Waals surface area (Å²) in [5.74, 6) is 2.56. The molecule has 6 nitrogen and oxygen atoms in total. The van der Waals surface area contributed by atoms with Gasteiger partial charge in [-0.3, -0.25) is 9.20 Å². The van der Waals surface area contributed by atoms with Crippen molar-refractivity contribution in [2.45, 2.75) is 11.4 Å². The third kappa shape index (κ3) is 5.77. The zero-order valence-corrected chi connectivity index (χ0v) is 16.1. The zero-order valence-electron chi connectivity index (χ0n) is 15.3. The first-order valence-electron chi connectivity index (χ1n) is 8.26. The molecule has 0 saturated carbocycles. The fourth-order valence-corrected chi connectivity index (χ4v) is 3.33. The molecule has 140 valence electrons. The Labute approximate surface area is 157 Å². The summed E-state index contributed by atoms with van der Waals surface area (Å²) in [7, 11) is 3.91. The van der Waals surface area contributed by atoms with Crippen molar-refractivity contribution in [1.82, 2.24) is 10.6 Å². The second-order valence-electron chi connectivity index (χ2n) is 5.40. The van der Waals surface area contributed by atoms with Crippen molar-refractivity contribution >= 4 is 16.8 Å². The van der Waals surface area contributed by atoms with Gasteiger partial charge in [0.1, 0.15) is 0 Å². The summed E-state index contributed by atoms with van der Waals surface area (Å²) in [5.41, 5.74) is 1.04. The van der Waals surface area contributed by atoms with Crippen LogP contribution in [0.2, 0.25) is 0 Å². The van der Waals surface area contributed by atoms with Crippen LogP contribution in [0, 0.1) is 0 Å². The molecule has 0 bridgehead atoms. The quantitative estimate of drug-likeness (QED) is 0.547. The summed E-state index contributed by atoms with van der Waals surface area (Å²) < 4.78 is 22.8. The average Bonchev–Trinajstić information content (AvgIpc) is 2.70. The van der Waals surface area contributed by atoms with E-state index in [2.05, 4.69) is 15.6 Å². The van der Waals surface area contributed by atoms with Crippen LogP contribution in [0.4, 0.5) is 0 Å². The fourth-order valence-electron chi connectivity index (χ4n) is 2.35. The van der Waals surface area contributed by atoms with Crippen LogP contribution in [0.1, 0.15) is 5.56 Å². The third-order valence-corrected chi connectivity index (χ3v) is 5.09. The Morgan fingerprint density at radius 3 is 2.42 bits per heavy atom. The van der Waals surface area contributed by atoms with Gasteiger partial charge in [0.25, 0.3) is 0 Å². The van der Waals surface area contributed by atoms with Gasteiger partial charge in [-0.1, -0.05) is 24.3 Å².